The van der Waals surface area contributed by atoms with E-state index in [0.29, 0.717) is 0 Å². The molecule has 0 saturated heterocycles. The summed E-state index contributed by atoms with van der Waals surface area (Å²) >= 11 is 6.12. The lowest BCUT2D eigenvalue weighted by molar-refractivity contribution is 0.0728. The summed E-state index contributed by atoms with van der Waals surface area (Å²) in [7, 11) is -3.72. The van der Waals surface area contributed by atoms with Crippen LogP contribution < -0.4 is 4.72 Å². The van der Waals surface area contributed by atoms with Crippen LogP contribution in [0.3, 0.4) is 0 Å². The first-order valence-electron chi connectivity index (χ1n) is 9.05. The second-order valence-corrected chi connectivity index (χ2v) is 9.29. The summed E-state index contributed by atoms with van der Waals surface area (Å²) in [6.45, 7) is 3.48. The summed E-state index contributed by atoms with van der Waals surface area (Å²) < 4.78 is 41.5. The van der Waals surface area contributed by atoms with Crippen molar-refractivity contribution in [2.75, 3.05) is 0 Å². The van der Waals surface area contributed by atoms with Gasteiger partial charge in [-0.1, -0.05) is 23.7 Å². The molecule has 8 heteroatoms. The van der Waals surface area contributed by atoms with E-state index in [1.165, 1.54) is 30.3 Å². The van der Waals surface area contributed by atoms with Crippen molar-refractivity contribution in [3.05, 3.63) is 64.4 Å². The van der Waals surface area contributed by atoms with E-state index in [1.807, 2.05) is 0 Å². The highest BCUT2D eigenvalue weighted by Crippen LogP contribution is 2.32. The van der Waals surface area contributed by atoms with Gasteiger partial charge in [0, 0.05) is 28.2 Å². The van der Waals surface area contributed by atoms with Crippen LogP contribution in [0.2, 0.25) is 5.02 Å². The van der Waals surface area contributed by atoms with Gasteiger partial charge in [-0.3, -0.25) is 4.79 Å². The maximum atomic E-state index is 14.2. The highest BCUT2D eigenvalue weighted by molar-refractivity contribution is 7.89. The summed E-state index contributed by atoms with van der Waals surface area (Å²) in [4.78, 5) is 14.7. The maximum Gasteiger partial charge on any atom is 0.254 e. The molecule has 2 aromatic carbocycles. The summed E-state index contributed by atoms with van der Waals surface area (Å²) in [5, 5.41) is 0.260. The first-order chi connectivity index (χ1) is 13.2. The Bertz CT molecular complexity index is 970. The fourth-order valence-electron chi connectivity index (χ4n) is 2.95. The topological polar surface area (TPSA) is 66.5 Å². The number of amides is 1. The van der Waals surface area contributed by atoms with E-state index < -0.39 is 15.8 Å². The number of sulfonamides is 1. The summed E-state index contributed by atoms with van der Waals surface area (Å²) in [5.74, 6) is -0.813. The van der Waals surface area contributed by atoms with E-state index in [9.17, 15) is 17.6 Å². The molecule has 150 valence electrons. The molecule has 1 amide bonds. The minimum atomic E-state index is -3.72. The second kappa shape index (κ2) is 8.19. The van der Waals surface area contributed by atoms with E-state index in [4.69, 9.17) is 11.6 Å². The van der Waals surface area contributed by atoms with Gasteiger partial charge >= 0.3 is 0 Å². The molecular weight excluding hydrogens is 403 g/mol. The molecule has 1 aliphatic carbocycles. The van der Waals surface area contributed by atoms with Crippen molar-refractivity contribution in [3.8, 4) is 0 Å². The number of hydrogen-bond donors (Lipinski definition) is 1. The predicted molar refractivity (Wildman–Crippen MR) is 106 cm³/mol. The van der Waals surface area contributed by atoms with Crippen LogP contribution in [0.5, 0.6) is 0 Å². The third-order valence-corrected chi connectivity index (χ3v) is 6.43. The van der Waals surface area contributed by atoms with Crippen molar-refractivity contribution in [1.82, 2.24) is 9.62 Å². The lowest BCUT2D eigenvalue weighted by Gasteiger charge is -2.24. The molecule has 2 aromatic rings. The van der Waals surface area contributed by atoms with Crippen LogP contribution in [0, 0.1) is 5.82 Å². The van der Waals surface area contributed by atoms with Crippen molar-refractivity contribution in [2.24, 2.45) is 0 Å². The first-order valence-corrected chi connectivity index (χ1v) is 10.9. The van der Waals surface area contributed by atoms with Crippen LogP contribution in [0.1, 0.15) is 42.6 Å². The fraction of sp³-hybridized carbons (Fsp3) is 0.350. The molecule has 0 spiro atoms. The number of nitrogens with one attached hydrogen (secondary N) is 1. The normalized spacial score (nSPS) is 14.3. The molecule has 1 aliphatic rings. The van der Waals surface area contributed by atoms with Gasteiger partial charge in [-0.2, -0.15) is 0 Å². The maximum absolute atomic E-state index is 14.2. The van der Waals surface area contributed by atoms with Gasteiger partial charge in [0.2, 0.25) is 10.0 Å². The number of carbonyl (C=O) groups is 1. The monoisotopic (exact) mass is 424 g/mol. The molecule has 0 bridgehead atoms. The predicted octanol–water partition coefficient (Wildman–Crippen LogP) is 3.97. The molecule has 1 N–H and O–H groups in total. The van der Waals surface area contributed by atoms with Gasteiger partial charge in [-0.05, 0) is 57.0 Å². The molecule has 5 nitrogen and oxygen atoms in total. The Kier molecular flexibility index (Phi) is 6.07. The Morgan fingerprint density at radius 3 is 2.54 bits per heavy atom. The van der Waals surface area contributed by atoms with Crippen LogP contribution in [-0.4, -0.2) is 31.3 Å². The van der Waals surface area contributed by atoms with E-state index in [2.05, 4.69) is 4.72 Å². The first kappa shape index (κ1) is 20.8. The molecule has 0 aliphatic heterocycles. The third-order valence-electron chi connectivity index (χ3n) is 4.42. The molecule has 28 heavy (non-hydrogen) atoms. The second-order valence-electron chi connectivity index (χ2n) is 7.17. The Balaban J connectivity index is 1.90. The molecule has 0 atom stereocenters. The SMILES string of the molecule is CC(C)NS(=O)(=O)c1cccc(C(=O)N(Cc2c(F)cccc2Cl)C2CC2)c1. The molecule has 3 rings (SSSR count). The standard InChI is InChI=1S/C20H22ClFN2O3S/c1-13(2)23-28(26,27)16-6-3-5-14(11-16)20(25)24(15-9-10-15)12-17-18(21)7-4-8-19(17)22/h3-8,11,13,15,23H,9-10,12H2,1-2H3. The number of benzene rings is 2. The molecule has 0 unspecified atom stereocenters. The van der Waals surface area contributed by atoms with Crippen LogP contribution in [0.4, 0.5) is 4.39 Å². The summed E-state index contributed by atoms with van der Waals surface area (Å²) in [5.41, 5.74) is 0.501. The Morgan fingerprint density at radius 2 is 1.93 bits per heavy atom. The van der Waals surface area contributed by atoms with Crippen molar-refractivity contribution in [2.45, 2.75) is 50.2 Å². The minimum absolute atomic E-state index is 0.00257. The minimum Gasteiger partial charge on any atom is -0.331 e. The number of rotatable bonds is 7. The molecule has 1 fully saturated rings. The van der Waals surface area contributed by atoms with Crippen LogP contribution >= 0.6 is 11.6 Å². The number of nitrogens with zero attached hydrogens (tertiary/aromatic N) is 1. The van der Waals surface area contributed by atoms with Crippen LogP contribution in [0.25, 0.3) is 0 Å². The average Bonchev–Trinajstić information content (AvgIpc) is 3.45. The highest BCUT2D eigenvalue weighted by atomic mass is 35.5. The molecule has 0 heterocycles. The molecular formula is C20H22ClFN2O3S. The van der Waals surface area contributed by atoms with Crippen molar-refractivity contribution in [1.29, 1.82) is 0 Å². The zero-order chi connectivity index (χ0) is 20.5. The smallest absolute Gasteiger partial charge is 0.254 e. The van der Waals surface area contributed by atoms with Crippen molar-refractivity contribution < 1.29 is 17.6 Å². The van der Waals surface area contributed by atoms with Crippen LogP contribution in [-0.2, 0) is 16.6 Å². The summed E-state index contributed by atoms with van der Waals surface area (Å²) in [6.07, 6.45) is 1.65. The fourth-order valence-corrected chi connectivity index (χ4v) is 4.47. The number of carbonyl (C=O) groups excluding carboxylic acids is 1. The van der Waals surface area contributed by atoms with Gasteiger partial charge < -0.3 is 4.90 Å². The van der Waals surface area contributed by atoms with E-state index in [-0.39, 0.29) is 45.6 Å². The van der Waals surface area contributed by atoms with Gasteiger partial charge in [-0.25, -0.2) is 17.5 Å². The van der Waals surface area contributed by atoms with Crippen LogP contribution in [0.15, 0.2) is 47.4 Å². The Labute approximate surface area is 169 Å². The Morgan fingerprint density at radius 1 is 1.25 bits per heavy atom. The van der Waals surface area contributed by atoms with E-state index in [0.717, 1.165) is 12.8 Å². The quantitative estimate of drug-likeness (QED) is 0.731. The van der Waals surface area contributed by atoms with Gasteiger partial charge in [0.25, 0.3) is 5.91 Å². The lowest BCUT2D eigenvalue weighted by Crippen LogP contribution is -2.33. The van der Waals surface area contributed by atoms with Gasteiger partial charge in [-0.15, -0.1) is 0 Å². The molecule has 1 saturated carbocycles. The molecule has 0 radical (unpaired) electrons. The highest BCUT2D eigenvalue weighted by Gasteiger charge is 2.34. The third kappa shape index (κ3) is 4.71. The van der Waals surface area contributed by atoms with Gasteiger partial charge in [0.05, 0.1) is 11.4 Å². The van der Waals surface area contributed by atoms with Crippen molar-refractivity contribution in [3.63, 3.8) is 0 Å². The number of halogens is 2. The van der Waals surface area contributed by atoms with E-state index in [1.54, 1.807) is 30.9 Å². The Hall–Kier alpha value is -1.96. The zero-order valence-electron chi connectivity index (χ0n) is 15.7. The lowest BCUT2D eigenvalue weighted by atomic mass is 10.1. The van der Waals surface area contributed by atoms with Gasteiger partial charge in [0.15, 0.2) is 0 Å². The van der Waals surface area contributed by atoms with Crippen molar-refractivity contribution >= 4 is 27.5 Å². The number of hydrogen-bond acceptors (Lipinski definition) is 3. The van der Waals surface area contributed by atoms with E-state index >= 15 is 0 Å². The average molecular weight is 425 g/mol. The largest absolute Gasteiger partial charge is 0.331 e. The zero-order valence-corrected chi connectivity index (χ0v) is 17.2. The van der Waals surface area contributed by atoms with Gasteiger partial charge in [0.1, 0.15) is 5.82 Å². The summed E-state index contributed by atoms with van der Waals surface area (Å²) in [6, 6.07) is 10.0. The molecule has 0 aromatic heterocycles.